The molecule has 0 amide bonds. The minimum atomic E-state index is -0.317. The number of hydrogen-bond acceptors (Lipinski definition) is 4. The molecule has 0 saturated carbocycles. The summed E-state index contributed by atoms with van der Waals surface area (Å²) >= 11 is 0. The maximum absolute atomic E-state index is 11.4. The second-order valence-corrected chi connectivity index (χ2v) is 4.00. The SMILES string of the molecule is CCCCOC(=O)COc1ccccc1CNC. The van der Waals surface area contributed by atoms with Crippen molar-refractivity contribution in [2.45, 2.75) is 26.3 Å². The summed E-state index contributed by atoms with van der Waals surface area (Å²) in [6.07, 6.45) is 1.90. The van der Waals surface area contributed by atoms with Crippen molar-refractivity contribution in [1.82, 2.24) is 5.32 Å². The number of unbranched alkanes of at least 4 members (excludes halogenated alkanes) is 1. The van der Waals surface area contributed by atoms with Crippen molar-refractivity contribution in [3.63, 3.8) is 0 Å². The zero-order valence-corrected chi connectivity index (χ0v) is 11.1. The van der Waals surface area contributed by atoms with Gasteiger partial charge in [0.1, 0.15) is 5.75 Å². The monoisotopic (exact) mass is 251 g/mol. The summed E-state index contributed by atoms with van der Waals surface area (Å²) in [5.74, 6) is 0.405. The van der Waals surface area contributed by atoms with Crippen LogP contribution in [0.3, 0.4) is 0 Å². The molecule has 18 heavy (non-hydrogen) atoms. The van der Waals surface area contributed by atoms with Gasteiger partial charge in [0.2, 0.25) is 0 Å². The zero-order valence-electron chi connectivity index (χ0n) is 11.1. The van der Waals surface area contributed by atoms with E-state index in [1.54, 1.807) is 0 Å². The second-order valence-electron chi connectivity index (χ2n) is 4.00. The molecule has 0 atom stereocenters. The number of hydrogen-bond donors (Lipinski definition) is 1. The van der Waals surface area contributed by atoms with Gasteiger partial charge in [-0.15, -0.1) is 0 Å². The number of benzene rings is 1. The fraction of sp³-hybridized carbons (Fsp3) is 0.500. The fourth-order valence-corrected chi connectivity index (χ4v) is 1.49. The first kappa shape index (κ1) is 14.5. The molecule has 0 fully saturated rings. The molecule has 0 heterocycles. The molecule has 1 aromatic rings. The first-order valence-corrected chi connectivity index (χ1v) is 6.28. The second kappa shape index (κ2) is 8.53. The van der Waals surface area contributed by atoms with Gasteiger partial charge in [-0.25, -0.2) is 4.79 Å². The lowest BCUT2D eigenvalue weighted by molar-refractivity contribution is -0.146. The summed E-state index contributed by atoms with van der Waals surface area (Å²) in [7, 11) is 1.87. The quantitative estimate of drug-likeness (QED) is 0.568. The van der Waals surface area contributed by atoms with Gasteiger partial charge in [-0.1, -0.05) is 31.5 Å². The van der Waals surface area contributed by atoms with Crippen LogP contribution in [-0.4, -0.2) is 26.2 Å². The summed E-state index contributed by atoms with van der Waals surface area (Å²) in [6.45, 7) is 3.20. The Morgan fingerprint density at radius 3 is 2.83 bits per heavy atom. The third-order valence-electron chi connectivity index (χ3n) is 2.45. The molecule has 4 nitrogen and oxygen atoms in total. The van der Waals surface area contributed by atoms with Gasteiger partial charge in [0.15, 0.2) is 6.61 Å². The Morgan fingerprint density at radius 2 is 2.11 bits per heavy atom. The molecule has 0 saturated heterocycles. The van der Waals surface area contributed by atoms with E-state index in [2.05, 4.69) is 12.2 Å². The van der Waals surface area contributed by atoms with Crippen molar-refractivity contribution in [3.8, 4) is 5.75 Å². The van der Waals surface area contributed by atoms with Crippen LogP contribution in [-0.2, 0) is 16.1 Å². The summed E-state index contributed by atoms with van der Waals surface area (Å²) < 4.78 is 10.5. The molecule has 0 spiro atoms. The van der Waals surface area contributed by atoms with Gasteiger partial charge in [0, 0.05) is 12.1 Å². The van der Waals surface area contributed by atoms with Crippen LogP contribution in [0.15, 0.2) is 24.3 Å². The van der Waals surface area contributed by atoms with E-state index in [0.29, 0.717) is 13.2 Å². The molecule has 0 aliphatic rings. The van der Waals surface area contributed by atoms with Crippen molar-refractivity contribution in [3.05, 3.63) is 29.8 Å². The van der Waals surface area contributed by atoms with Gasteiger partial charge in [-0.3, -0.25) is 0 Å². The number of esters is 1. The summed E-state index contributed by atoms with van der Waals surface area (Å²) in [6, 6.07) is 7.65. The van der Waals surface area contributed by atoms with E-state index in [0.717, 1.165) is 24.2 Å². The van der Waals surface area contributed by atoms with E-state index in [-0.39, 0.29) is 12.6 Å². The Labute approximate surface area is 108 Å². The highest BCUT2D eigenvalue weighted by atomic mass is 16.6. The lowest BCUT2D eigenvalue weighted by Crippen LogP contribution is -2.16. The Bertz CT molecular complexity index is 366. The highest BCUT2D eigenvalue weighted by molar-refractivity contribution is 5.71. The van der Waals surface area contributed by atoms with E-state index in [1.165, 1.54) is 0 Å². The standard InChI is InChI=1S/C14H21NO3/c1-3-4-9-17-14(16)11-18-13-8-6-5-7-12(13)10-15-2/h5-8,15H,3-4,9-11H2,1-2H3. The molecular weight excluding hydrogens is 230 g/mol. The van der Waals surface area contributed by atoms with Crippen molar-refractivity contribution in [2.24, 2.45) is 0 Å². The van der Waals surface area contributed by atoms with Gasteiger partial charge in [-0.2, -0.15) is 0 Å². The van der Waals surface area contributed by atoms with Crippen LogP contribution < -0.4 is 10.1 Å². The number of rotatable bonds is 8. The molecule has 0 aliphatic heterocycles. The third kappa shape index (κ3) is 5.19. The zero-order chi connectivity index (χ0) is 13.2. The molecule has 0 unspecified atom stereocenters. The van der Waals surface area contributed by atoms with E-state index in [1.807, 2.05) is 31.3 Å². The molecule has 1 N–H and O–H groups in total. The highest BCUT2D eigenvalue weighted by Gasteiger charge is 2.06. The lowest BCUT2D eigenvalue weighted by Gasteiger charge is -2.10. The lowest BCUT2D eigenvalue weighted by atomic mass is 10.2. The molecule has 1 aromatic carbocycles. The molecule has 100 valence electrons. The molecule has 0 radical (unpaired) electrons. The van der Waals surface area contributed by atoms with E-state index in [4.69, 9.17) is 9.47 Å². The maximum Gasteiger partial charge on any atom is 0.344 e. The van der Waals surface area contributed by atoms with E-state index < -0.39 is 0 Å². The third-order valence-corrected chi connectivity index (χ3v) is 2.45. The smallest absolute Gasteiger partial charge is 0.344 e. The van der Waals surface area contributed by atoms with Gasteiger partial charge in [-0.05, 0) is 19.5 Å². The van der Waals surface area contributed by atoms with Crippen molar-refractivity contribution in [1.29, 1.82) is 0 Å². The van der Waals surface area contributed by atoms with Gasteiger partial charge < -0.3 is 14.8 Å². The molecular formula is C14H21NO3. The molecule has 0 aliphatic carbocycles. The van der Waals surface area contributed by atoms with Crippen LogP contribution >= 0.6 is 0 Å². The van der Waals surface area contributed by atoms with Crippen LogP contribution in [0.25, 0.3) is 0 Å². The Balaban J connectivity index is 2.40. The number of carbonyl (C=O) groups is 1. The van der Waals surface area contributed by atoms with E-state index >= 15 is 0 Å². The number of carbonyl (C=O) groups excluding carboxylic acids is 1. The van der Waals surface area contributed by atoms with Crippen LogP contribution in [0, 0.1) is 0 Å². The van der Waals surface area contributed by atoms with Crippen molar-refractivity contribution in [2.75, 3.05) is 20.3 Å². The normalized spacial score (nSPS) is 10.1. The average Bonchev–Trinajstić information content (AvgIpc) is 2.38. The first-order chi connectivity index (χ1) is 8.77. The maximum atomic E-state index is 11.4. The topological polar surface area (TPSA) is 47.6 Å². The van der Waals surface area contributed by atoms with Gasteiger partial charge in [0.25, 0.3) is 0 Å². The van der Waals surface area contributed by atoms with Crippen LogP contribution in [0.5, 0.6) is 5.75 Å². The number of nitrogens with one attached hydrogen (secondary N) is 1. The van der Waals surface area contributed by atoms with Crippen LogP contribution in [0.4, 0.5) is 0 Å². The fourth-order valence-electron chi connectivity index (χ4n) is 1.49. The molecule has 4 heteroatoms. The molecule has 1 rings (SSSR count). The Hall–Kier alpha value is -1.55. The van der Waals surface area contributed by atoms with Crippen molar-refractivity contribution >= 4 is 5.97 Å². The predicted molar refractivity (Wildman–Crippen MR) is 70.6 cm³/mol. The van der Waals surface area contributed by atoms with Crippen molar-refractivity contribution < 1.29 is 14.3 Å². The molecule has 0 aromatic heterocycles. The Kier molecular flexibility index (Phi) is 6.87. The largest absolute Gasteiger partial charge is 0.482 e. The van der Waals surface area contributed by atoms with Gasteiger partial charge in [0.05, 0.1) is 6.61 Å². The predicted octanol–water partition coefficient (Wildman–Crippen LogP) is 2.13. The highest BCUT2D eigenvalue weighted by Crippen LogP contribution is 2.17. The molecule has 0 bridgehead atoms. The first-order valence-electron chi connectivity index (χ1n) is 6.28. The van der Waals surface area contributed by atoms with Crippen LogP contribution in [0.2, 0.25) is 0 Å². The number of para-hydroxylation sites is 1. The minimum Gasteiger partial charge on any atom is -0.482 e. The van der Waals surface area contributed by atoms with Crippen LogP contribution in [0.1, 0.15) is 25.3 Å². The summed E-state index contributed by atoms with van der Waals surface area (Å²) in [4.78, 5) is 11.4. The van der Waals surface area contributed by atoms with Gasteiger partial charge >= 0.3 is 5.97 Å². The minimum absolute atomic E-state index is 0.0373. The Morgan fingerprint density at radius 1 is 1.33 bits per heavy atom. The summed E-state index contributed by atoms with van der Waals surface area (Å²) in [5, 5.41) is 3.06. The average molecular weight is 251 g/mol. The number of ether oxygens (including phenoxy) is 2. The van der Waals surface area contributed by atoms with E-state index in [9.17, 15) is 4.79 Å². The summed E-state index contributed by atoms with van der Waals surface area (Å²) in [5.41, 5.74) is 1.03.